The molecule has 0 aliphatic carbocycles. The molecule has 45 heavy (non-hydrogen) atoms. The first kappa shape index (κ1) is 30.1. The summed E-state index contributed by atoms with van der Waals surface area (Å²) >= 11 is 1.25. The van der Waals surface area contributed by atoms with Gasteiger partial charge >= 0.3 is 5.97 Å². The van der Waals surface area contributed by atoms with Crippen LogP contribution in [0.25, 0.3) is 6.08 Å². The predicted octanol–water partition coefficient (Wildman–Crippen LogP) is 5.03. The zero-order valence-corrected chi connectivity index (χ0v) is 25.8. The second-order valence-electron chi connectivity index (χ2n) is 10.4. The number of carbonyl (C=O) groups is 1. The first-order chi connectivity index (χ1) is 21.9. The first-order valence-electron chi connectivity index (χ1n) is 14.6. The summed E-state index contributed by atoms with van der Waals surface area (Å²) < 4.78 is 43.3. The molecule has 3 heterocycles. The van der Waals surface area contributed by atoms with E-state index in [0.29, 0.717) is 61.1 Å². The van der Waals surface area contributed by atoms with E-state index in [0.717, 1.165) is 12.0 Å². The van der Waals surface area contributed by atoms with E-state index in [4.69, 9.17) is 28.7 Å². The van der Waals surface area contributed by atoms with Crippen molar-refractivity contribution in [2.45, 2.75) is 39.3 Å². The summed E-state index contributed by atoms with van der Waals surface area (Å²) in [5, 5.41) is 0. The van der Waals surface area contributed by atoms with Gasteiger partial charge in [0.15, 0.2) is 27.8 Å². The molecule has 4 aromatic rings. The normalized spacial score (nSPS) is 15.5. The third-order valence-corrected chi connectivity index (χ3v) is 8.38. The Hall–Kier alpha value is -4.90. The van der Waals surface area contributed by atoms with E-state index >= 15 is 0 Å². The highest BCUT2D eigenvalue weighted by molar-refractivity contribution is 7.07. The van der Waals surface area contributed by atoms with Crippen molar-refractivity contribution in [1.29, 1.82) is 0 Å². The fraction of sp³-hybridized carbons (Fsp3) is 0.265. The molecule has 3 aromatic carbocycles. The van der Waals surface area contributed by atoms with Gasteiger partial charge in [0, 0.05) is 0 Å². The second-order valence-corrected chi connectivity index (χ2v) is 11.4. The minimum absolute atomic E-state index is 0.0999. The summed E-state index contributed by atoms with van der Waals surface area (Å²) in [6, 6.07) is 16.1. The Morgan fingerprint density at radius 3 is 2.62 bits per heavy atom. The van der Waals surface area contributed by atoms with Gasteiger partial charge in [-0.3, -0.25) is 9.36 Å². The maximum absolute atomic E-state index is 14.1. The van der Waals surface area contributed by atoms with Crippen LogP contribution in [0.2, 0.25) is 0 Å². The van der Waals surface area contributed by atoms with E-state index in [-0.39, 0.29) is 31.4 Å². The van der Waals surface area contributed by atoms with Gasteiger partial charge in [0.25, 0.3) is 5.56 Å². The lowest BCUT2D eigenvalue weighted by atomic mass is 9.94. The van der Waals surface area contributed by atoms with E-state index in [1.807, 2.05) is 19.1 Å². The van der Waals surface area contributed by atoms with Gasteiger partial charge in [0.1, 0.15) is 12.4 Å². The minimum atomic E-state index is -0.768. The van der Waals surface area contributed by atoms with E-state index in [1.165, 1.54) is 30.6 Å². The average molecular weight is 631 g/mol. The molecule has 0 unspecified atom stereocenters. The molecule has 11 heteroatoms. The average Bonchev–Trinajstić information content (AvgIpc) is 3.64. The maximum Gasteiger partial charge on any atom is 0.338 e. The lowest BCUT2D eigenvalue weighted by molar-refractivity contribution is -0.139. The summed E-state index contributed by atoms with van der Waals surface area (Å²) in [6.07, 6.45) is 3.05. The third-order valence-electron chi connectivity index (χ3n) is 7.40. The number of hydrogen-bond acceptors (Lipinski definition) is 9. The third kappa shape index (κ3) is 6.08. The number of allylic oxidation sites excluding steroid dienone is 1. The van der Waals surface area contributed by atoms with E-state index in [9.17, 15) is 14.0 Å². The topological polar surface area (TPSA) is 97.6 Å². The van der Waals surface area contributed by atoms with Crippen molar-refractivity contribution in [2.75, 3.05) is 20.5 Å². The Kier molecular flexibility index (Phi) is 8.70. The number of rotatable bonds is 10. The molecule has 2 aliphatic heterocycles. The van der Waals surface area contributed by atoms with Crippen LogP contribution in [0.4, 0.5) is 4.39 Å². The molecule has 0 radical (unpaired) electrons. The molecule has 9 nitrogen and oxygen atoms in total. The second kappa shape index (κ2) is 13.0. The van der Waals surface area contributed by atoms with Crippen molar-refractivity contribution in [3.63, 3.8) is 0 Å². The summed E-state index contributed by atoms with van der Waals surface area (Å²) in [5.41, 5.74) is 2.84. The molecule has 0 fully saturated rings. The zero-order valence-electron chi connectivity index (χ0n) is 25.0. The van der Waals surface area contributed by atoms with Crippen LogP contribution in [0, 0.1) is 5.82 Å². The Morgan fingerprint density at radius 2 is 1.87 bits per heavy atom. The van der Waals surface area contributed by atoms with Crippen LogP contribution in [0.3, 0.4) is 0 Å². The number of carbonyl (C=O) groups excluding carboxylic acids is 1. The molecule has 0 spiro atoms. The number of halogens is 1. The Labute approximate surface area is 262 Å². The lowest BCUT2D eigenvalue weighted by Gasteiger charge is -2.25. The Bertz CT molecular complexity index is 1960. The summed E-state index contributed by atoms with van der Waals surface area (Å²) in [7, 11) is 1.54. The molecule has 1 atom stereocenters. The van der Waals surface area contributed by atoms with Gasteiger partial charge in [-0.1, -0.05) is 48.9 Å². The highest BCUT2D eigenvalue weighted by Crippen LogP contribution is 2.39. The lowest BCUT2D eigenvalue weighted by Crippen LogP contribution is -2.40. The van der Waals surface area contributed by atoms with Gasteiger partial charge in [-0.2, -0.15) is 0 Å². The molecular weight excluding hydrogens is 599 g/mol. The molecule has 0 amide bonds. The predicted molar refractivity (Wildman–Crippen MR) is 166 cm³/mol. The maximum atomic E-state index is 14.1. The largest absolute Gasteiger partial charge is 0.493 e. The van der Waals surface area contributed by atoms with Crippen molar-refractivity contribution in [3.05, 3.63) is 114 Å². The van der Waals surface area contributed by atoms with Crippen LogP contribution >= 0.6 is 11.3 Å². The van der Waals surface area contributed by atoms with Crippen LogP contribution < -0.4 is 33.8 Å². The fourth-order valence-electron chi connectivity index (χ4n) is 5.31. The number of thiazole rings is 1. The van der Waals surface area contributed by atoms with Crippen LogP contribution in [0.15, 0.2) is 81.7 Å². The van der Waals surface area contributed by atoms with Crippen molar-refractivity contribution in [2.24, 2.45) is 4.99 Å². The van der Waals surface area contributed by atoms with E-state index in [2.05, 4.69) is 0 Å². The smallest absolute Gasteiger partial charge is 0.338 e. The molecule has 0 saturated heterocycles. The van der Waals surface area contributed by atoms with E-state index < -0.39 is 12.0 Å². The quantitative estimate of drug-likeness (QED) is 0.227. The molecule has 1 aromatic heterocycles. The van der Waals surface area contributed by atoms with E-state index in [1.54, 1.807) is 54.0 Å². The first-order valence-corrected chi connectivity index (χ1v) is 15.4. The van der Waals surface area contributed by atoms with Gasteiger partial charge in [0.05, 0.1) is 35.6 Å². The van der Waals surface area contributed by atoms with Crippen LogP contribution in [-0.4, -0.2) is 31.0 Å². The van der Waals surface area contributed by atoms with Crippen molar-refractivity contribution < 1.29 is 32.9 Å². The number of methoxy groups -OCH3 is 1. The zero-order chi connectivity index (χ0) is 31.5. The molecule has 0 saturated carbocycles. The molecule has 0 N–H and O–H groups in total. The fourth-order valence-corrected chi connectivity index (χ4v) is 6.33. The number of fused-ring (bicyclic) bond motifs is 2. The summed E-state index contributed by atoms with van der Waals surface area (Å²) in [4.78, 5) is 32.8. The van der Waals surface area contributed by atoms with Crippen molar-refractivity contribution >= 4 is 23.4 Å². The van der Waals surface area contributed by atoms with Crippen molar-refractivity contribution in [3.8, 4) is 23.0 Å². The SMILES string of the molecule is CCCC1=C(C(=O)OCC)[C@H](c2ccc3c(c2)OCO3)n2c(s/c(=C\c3ccc(OCc4ccc(F)cc4)c(OC)c3)c2=O)=N1. The highest BCUT2D eigenvalue weighted by atomic mass is 32.1. The molecular formula is C34H31FN2O7S. The van der Waals surface area contributed by atoms with Gasteiger partial charge in [0.2, 0.25) is 6.79 Å². The van der Waals surface area contributed by atoms with Gasteiger partial charge in [-0.15, -0.1) is 0 Å². The summed E-state index contributed by atoms with van der Waals surface area (Å²) in [5.74, 6) is 1.30. The highest BCUT2D eigenvalue weighted by Gasteiger charge is 2.35. The number of esters is 1. The molecule has 6 rings (SSSR count). The minimum Gasteiger partial charge on any atom is -0.493 e. The van der Waals surface area contributed by atoms with Gasteiger partial charge in [-0.05, 0) is 72.5 Å². The van der Waals surface area contributed by atoms with Crippen LogP contribution in [-0.2, 0) is 16.1 Å². The standard InChI is InChI=1S/C34H31FN2O7S/c1-4-6-24-30(33(39)41-5-2)31(22-10-14-26-28(17-22)44-19-43-26)37-32(38)29(45-34(37)36-24)16-21-9-13-25(27(15-21)40-3)42-18-20-7-11-23(35)12-8-20/h7-17,31H,4-6,18-19H2,1-3H3/b29-16-/t31-/m0/s1. The van der Waals surface area contributed by atoms with Gasteiger partial charge in [-0.25, -0.2) is 14.2 Å². The van der Waals surface area contributed by atoms with Gasteiger partial charge < -0.3 is 23.7 Å². The molecule has 2 aliphatic rings. The Balaban J connectivity index is 1.42. The number of ether oxygens (including phenoxy) is 5. The van der Waals surface area contributed by atoms with Crippen molar-refractivity contribution in [1.82, 2.24) is 4.57 Å². The monoisotopic (exact) mass is 630 g/mol. The number of nitrogens with zero attached hydrogens (tertiary/aromatic N) is 2. The van der Waals surface area contributed by atoms with Crippen LogP contribution in [0.5, 0.6) is 23.0 Å². The number of aromatic nitrogens is 1. The van der Waals surface area contributed by atoms with Crippen LogP contribution in [0.1, 0.15) is 49.4 Å². The molecule has 232 valence electrons. The number of hydrogen-bond donors (Lipinski definition) is 0. The number of benzene rings is 3. The molecule has 0 bridgehead atoms. The summed E-state index contributed by atoms with van der Waals surface area (Å²) in [6.45, 7) is 4.28. The Morgan fingerprint density at radius 1 is 1.07 bits per heavy atom.